The number of halogens is 3. The first-order valence-electron chi connectivity index (χ1n) is 5.03. The minimum Gasteiger partial charge on any atom is -0.279 e. The van der Waals surface area contributed by atoms with E-state index in [0.29, 0.717) is 14.4 Å². The standard InChI is InChI=1S/C11H8BrClFNO2S2/c1-6-2-7(14)4-8(3-6)15-19(16,17)10-5-9(13)11(12)18-10/h2-5,15H,1H3. The summed E-state index contributed by atoms with van der Waals surface area (Å²) in [7, 11) is -3.76. The molecule has 0 amide bonds. The van der Waals surface area contributed by atoms with E-state index in [1.165, 1.54) is 12.1 Å². The SMILES string of the molecule is Cc1cc(F)cc(NS(=O)(=O)c2cc(Cl)c(Br)s2)c1. The van der Waals surface area contributed by atoms with Crippen LogP contribution < -0.4 is 4.72 Å². The summed E-state index contributed by atoms with van der Waals surface area (Å²) in [6.45, 7) is 1.68. The molecular formula is C11H8BrClFNO2S2. The van der Waals surface area contributed by atoms with Crippen LogP contribution in [0.5, 0.6) is 0 Å². The highest BCUT2D eigenvalue weighted by Crippen LogP contribution is 2.35. The van der Waals surface area contributed by atoms with Crippen LogP contribution in [0, 0.1) is 12.7 Å². The van der Waals surface area contributed by atoms with Crippen molar-refractivity contribution in [3.05, 3.63) is 44.5 Å². The van der Waals surface area contributed by atoms with Gasteiger partial charge < -0.3 is 0 Å². The Morgan fingerprint density at radius 2 is 2.00 bits per heavy atom. The maximum Gasteiger partial charge on any atom is 0.271 e. The second-order valence-corrected chi connectivity index (χ2v) is 8.50. The summed E-state index contributed by atoms with van der Waals surface area (Å²) in [5.74, 6) is -0.497. The summed E-state index contributed by atoms with van der Waals surface area (Å²) in [6, 6.07) is 5.32. The molecule has 0 saturated carbocycles. The van der Waals surface area contributed by atoms with Gasteiger partial charge in [-0.3, -0.25) is 4.72 Å². The highest BCUT2D eigenvalue weighted by Gasteiger charge is 2.19. The second kappa shape index (κ2) is 5.40. The maximum absolute atomic E-state index is 13.2. The van der Waals surface area contributed by atoms with Gasteiger partial charge in [0.25, 0.3) is 10.0 Å². The van der Waals surface area contributed by atoms with Crippen LogP contribution in [0.1, 0.15) is 5.56 Å². The average molecular weight is 385 g/mol. The van der Waals surface area contributed by atoms with Gasteiger partial charge in [0.05, 0.1) is 14.5 Å². The van der Waals surface area contributed by atoms with Gasteiger partial charge in [-0.05, 0) is 52.7 Å². The summed E-state index contributed by atoms with van der Waals surface area (Å²) in [5, 5.41) is 0.320. The van der Waals surface area contributed by atoms with Crippen LogP contribution in [-0.2, 0) is 10.0 Å². The Kier molecular flexibility index (Phi) is 4.20. The Bertz CT molecular complexity index is 691. The first-order valence-corrected chi connectivity index (χ1v) is 8.50. The van der Waals surface area contributed by atoms with E-state index in [4.69, 9.17) is 11.6 Å². The number of aryl methyl sites for hydroxylation is 1. The van der Waals surface area contributed by atoms with Gasteiger partial charge >= 0.3 is 0 Å². The lowest BCUT2D eigenvalue weighted by atomic mass is 10.2. The quantitative estimate of drug-likeness (QED) is 0.852. The van der Waals surface area contributed by atoms with Crippen LogP contribution in [0.15, 0.2) is 32.3 Å². The van der Waals surface area contributed by atoms with E-state index in [2.05, 4.69) is 20.7 Å². The Hall–Kier alpha value is -0.630. The molecule has 0 aliphatic heterocycles. The number of rotatable bonds is 3. The monoisotopic (exact) mass is 383 g/mol. The summed E-state index contributed by atoms with van der Waals surface area (Å²) in [5.41, 5.74) is 0.807. The number of thiophene rings is 1. The van der Waals surface area contributed by atoms with Crippen molar-refractivity contribution in [3.8, 4) is 0 Å². The molecule has 1 aromatic carbocycles. The number of benzene rings is 1. The Labute approximate surface area is 127 Å². The molecule has 0 aliphatic carbocycles. The second-order valence-electron chi connectivity index (χ2n) is 3.81. The van der Waals surface area contributed by atoms with Crippen LogP contribution >= 0.6 is 38.9 Å². The molecule has 1 N–H and O–H groups in total. The molecule has 0 fully saturated rings. The predicted octanol–water partition coefficient (Wildman–Crippen LogP) is 4.41. The lowest BCUT2D eigenvalue weighted by Crippen LogP contribution is -2.11. The van der Waals surface area contributed by atoms with Crippen molar-refractivity contribution >= 4 is 54.6 Å². The molecule has 3 nitrogen and oxygen atoms in total. The molecule has 2 rings (SSSR count). The molecule has 0 aliphatic rings. The largest absolute Gasteiger partial charge is 0.279 e. The van der Waals surface area contributed by atoms with E-state index in [1.807, 2.05) is 0 Å². The van der Waals surface area contributed by atoms with E-state index in [-0.39, 0.29) is 9.90 Å². The minimum atomic E-state index is -3.76. The van der Waals surface area contributed by atoms with Gasteiger partial charge in [0.15, 0.2) is 0 Å². The van der Waals surface area contributed by atoms with Crippen molar-refractivity contribution in [2.45, 2.75) is 11.1 Å². The number of anilines is 1. The molecule has 8 heteroatoms. The highest BCUT2D eigenvalue weighted by molar-refractivity contribution is 9.11. The molecule has 1 aromatic heterocycles. The smallest absolute Gasteiger partial charge is 0.271 e. The molecule has 0 unspecified atom stereocenters. The summed E-state index contributed by atoms with van der Waals surface area (Å²) < 4.78 is 40.3. The van der Waals surface area contributed by atoms with Gasteiger partial charge in [-0.1, -0.05) is 11.6 Å². The maximum atomic E-state index is 13.2. The zero-order valence-corrected chi connectivity index (χ0v) is 13.6. The fourth-order valence-corrected chi connectivity index (χ4v) is 4.90. The molecule has 0 radical (unpaired) electrons. The minimum absolute atomic E-state index is 0.0614. The predicted molar refractivity (Wildman–Crippen MR) is 79.0 cm³/mol. The Morgan fingerprint density at radius 3 is 2.53 bits per heavy atom. The van der Waals surface area contributed by atoms with Gasteiger partial charge in [0, 0.05) is 0 Å². The molecule has 0 saturated heterocycles. The van der Waals surface area contributed by atoms with Crippen LogP contribution in [0.25, 0.3) is 0 Å². The van der Waals surface area contributed by atoms with E-state index in [9.17, 15) is 12.8 Å². The number of sulfonamides is 1. The van der Waals surface area contributed by atoms with E-state index < -0.39 is 15.8 Å². The normalized spacial score (nSPS) is 11.6. The van der Waals surface area contributed by atoms with Crippen molar-refractivity contribution in [1.29, 1.82) is 0 Å². The molecule has 102 valence electrons. The van der Waals surface area contributed by atoms with Crippen molar-refractivity contribution in [1.82, 2.24) is 0 Å². The topological polar surface area (TPSA) is 46.2 Å². The lowest BCUT2D eigenvalue weighted by Gasteiger charge is -2.07. The fraction of sp³-hybridized carbons (Fsp3) is 0.0909. The number of hydrogen-bond donors (Lipinski definition) is 1. The third kappa shape index (κ3) is 3.47. The van der Waals surface area contributed by atoms with E-state index in [0.717, 1.165) is 17.4 Å². The first-order chi connectivity index (χ1) is 8.78. The molecule has 2 aromatic rings. The van der Waals surface area contributed by atoms with E-state index >= 15 is 0 Å². The number of nitrogens with one attached hydrogen (secondary N) is 1. The van der Waals surface area contributed by atoms with E-state index in [1.54, 1.807) is 13.0 Å². The van der Waals surface area contributed by atoms with Crippen LogP contribution in [0.3, 0.4) is 0 Å². The first kappa shape index (κ1) is 14.8. The lowest BCUT2D eigenvalue weighted by molar-refractivity contribution is 0.603. The Balaban J connectivity index is 2.36. The molecule has 1 heterocycles. The van der Waals surface area contributed by atoms with Gasteiger partial charge in [-0.15, -0.1) is 11.3 Å². The molecular weight excluding hydrogens is 377 g/mol. The summed E-state index contributed by atoms with van der Waals surface area (Å²) >= 11 is 9.94. The van der Waals surface area contributed by atoms with Crippen LogP contribution in [0.4, 0.5) is 10.1 Å². The van der Waals surface area contributed by atoms with Crippen molar-refractivity contribution < 1.29 is 12.8 Å². The van der Waals surface area contributed by atoms with Gasteiger partial charge in [0.2, 0.25) is 0 Å². The molecule has 0 spiro atoms. The van der Waals surface area contributed by atoms with Crippen molar-refractivity contribution in [2.24, 2.45) is 0 Å². The van der Waals surface area contributed by atoms with Crippen molar-refractivity contribution in [3.63, 3.8) is 0 Å². The molecule has 0 bridgehead atoms. The third-order valence-corrected chi connectivity index (χ3v) is 6.51. The number of hydrogen-bond acceptors (Lipinski definition) is 3. The highest BCUT2D eigenvalue weighted by atomic mass is 79.9. The van der Waals surface area contributed by atoms with Gasteiger partial charge in [-0.25, -0.2) is 12.8 Å². The van der Waals surface area contributed by atoms with Crippen LogP contribution in [-0.4, -0.2) is 8.42 Å². The van der Waals surface area contributed by atoms with Gasteiger partial charge in [-0.2, -0.15) is 0 Å². The summed E-state index contributed by atoms with van der Waals surface area (Å²) in [6.07, 6.45) is 0. The molecule has 19 heavy (non-hydrogen) atoms. The zero-order valence-electron chi connectivity index (χ0n) is 9.58. The van der Waals surface area contributed by atoms with Crippen LogP contribution in [0.2, 0.25) is 5.02 Å². The van der Waals surface area contributed by atoms with Crippen molar-refractivity contribution in [2.75, 3.05) is 4.72 Å². The fourth-order valence-electron chi connectivity index (χ4n) is 1.46. The summed E-state index contributed by atoms with van der Waals surface area (Å²) in [4.78, 5) is 0. The van der Waals surface area contributed by atoms with Gasteiger partial charge in [0.1, 0.15) is 10.0 Å². The molecule has 0 atom stereocenters. The third-order valence-electron chi connectivity index (χ3n) is 2.18. The zero-order chi connectivity index (χ0) is 14.2. The average Bonchev–Trinajstić information content (AvgIpc) is 2.57. The Morgan fingerprint density at radius 1 is 1.32 bits per heavy atom.